The van der Waals surface area contributed by atoms with Crippen LogP contribution >= 0.6 is 23.2 Å². The molecule has 1 amide bonds. The number of alkyl halides is 2. The van der Waals surface area contributed by atoms with Crippen LogP contribution in [0.25, 0.3) is 0 Å². The van der Waals surface area contributed by atoms with E-state index in [2.05, 4.69) is 5.32 Å². The van der Waals surface area contributed by atoms with Crippen molar-refractivity contribution in [1.82, 2.24) is 5.32 Å². The molecule has 3 unspecified atom stereocenters. The van der Waals surface area contributed by atoms with Crippen LogP contribution in [0.4, 0.5) is 0 Å². The predicted molar refractivity (Wildman–Crippen MR) is 102 cm³/mol. The predicted octanol–water partition coefficient (Wildman–Crippen LogP) is 3.55. The Labute approximate surface area is 163 Å². The normalized spacial score (nSPS) is 26.9. The Balaban J connectivity index is 1.66. The fourth-order valence-corrected chi connectivity index (χ4v) is 4.53. The van der Waals surface area contributed by atoms with Crippen LogP contribution in [0.1, 0.15) is 47.4 Å². The summed E-state index contributed by atoms with van der Waals surface area (Å²) < 4.78 is -0.738. The van der Waals surface area contributed by atoms with Crippen molar-refractivity contribution in [2.45, 2.75) is 50.3 Å². The molecule has 4 nitrogen and oxygen atoms in total. The molecule has 3 rings (SSSR count). The van der Waals surface area contributed by atoms with Gasteiger partial charge in [0.05, 0.1) is 0 Å². The van der Waals surface area contributed by atoms with Gasteiger partial charge in [0.15, 0.2) is 5.78 Å². The molecule has 0 radical (unpaired) electrons. The van der Waals surface area contributed by atoms with Crippen molar-refractivity contribution in [2.24, 2.45) is 11.8 Å². The van der Waals surface area contributed by atoms with Crippen LogP contribution in [0.2, 0.25) is 0 Å². The SMILES string of the molecule is Cc1cc(C)c(C2C(=O)CC(CC(=O)NCC3CC3(Cl)Cl)C2=O)c(C)c1. The minimum Gasteiger partial charge on any atom is -0.356 e. The van der Waals surface area contributed by atoms with Crippen LogP contribution in [-0.2, 0) is 14.4 Å². The summed E-state index contributed by atoms with van der Waals surface area (Å²) in [5.41, 5.74) is 3.81. The van der Waals surface area contributed by atoms with Gasteiger partial charge in [0, 0.05) is 31.2 Å². The Morgan fingerprint density at radius 2 is 1.77 bits per heavy atom. The number of aryl methyl sites for hydroxylation is 3. The number of hydrogen-bond acceptors (Lipinski definition) is 3. The van der Waals surface area contributed by atoms with Crippen molar-refractivity contribution in [3.8, 4) is 0 Å². The van der Waals surface area contributed by atoms with Gasteiger partial charge in [-0.2, -0.15) is 0 Å². The molecule has 2 fully saturated rings. The van der Waals surface area contributed by atoms with E-state index in [4.69, 9.17) is 23.2 Å². The standard InChI is InChI=1S/C20H23Cl2NO3/c1-10-4-11(2)17(12(3)5-10)18-15(24)6-13(19(18)26)7-16(25)23-9-14-8-20(14,21)22/h4-5,13-14,18H,6-9H2,1-3H3,(H,23,25). The summed E-state index contributed by atoms with van der Waals surface area (Å²) in [7, 11) is 0. The van der Waals surface area contributed by atoms with Gasteiger partial charge in [0.1, 0.15) is 16.0 Å². The number of hydrogen-bond donors (Lipinski definition) is 1. The van der Waals surface area contributed by atoms with E-state index in [-0.39, 0.29) is 36.2 Å². The largest absolute Gasteiger partial charge is 0.356 e. The van der Waals surface area contributed by atoms with Gasteiger partial charge in [0.2, 0.25) is 5.91 Å². The second-order valence-corrected chi connectivity index (χ2v) is 9.23. The Morgan fingerprint density at radius 3 is 2.31 bits per heavy atom. The molecule has 0 spiro atoms. The smallest absolute Gasteiger partial charge is 0.220 e. The minimum absolute atomic E-state index is 0.0370. The molecule has 140 valence electrons. The molecule has 2 saturated carbocycles. The van der Waals surface area contributed by atoms with Crippen LogP contribution in [0.15, 0.2) is 12.1 Å². The third kappa shape index (κ3) is 3.81. The van der Waals surface area contributed by atoms with Gasteiger partial charge in [-0.1, -0.05) is 17.7 Å². The van der Waals surface area contributed by atoms with E-state index in [1.165, 1.54) is 0 Å². The highest BCUT2D eigenvalue weighted by atomic mass is 35.5. The topological polar surface area (TPSA) is 63.2 Å². The fraction of sp³-hybridized carbons (Fsp3) is 0.550. The summed E-state index contributed by atoms with van der Waals surface area (Å²) in [6.07, 6.45) is 0.822. The molecule has 0 heterocycles. The molecule has 0 aromatic heterocycles. The lowest BCUT2D eigenvalue weighted by Gasteiger charge is -2.16. The van der Waals surface area contributed by atoms with Crippen molar-refractivity contribution in [1.29, 1.82) is 0 Å². The number of Topliss-reactive ketones (excluding diaryl/α,β-unsaturated/α-hetero) is 2. The molecular formula is C20H23Cl2NO3. The molecule has 6 heteroatoms. The molecule has 1 aromatic carbocycles. The van der Waals surface area contributed by atoms with E-state index < -0.39 is 16.2 Å². The Hall–Kier alpha value is -1.39. The molecule has 1 N–H and O–H groups in total. The maximum Gasteiger partial charge on any atom is 0.220 e. The molecular weight excluding hydrogens is 373 g/mol. The first kappa shape index (κ1) is 19.4. The zero-order valence-electron chi connectivity index (χ0n) is 15.2. The maximum absolute atomic E-state index is 12.9. The van der Waals surface area contributed by atoms with Gasteiger partial charge < -0.3 is 5.32 Å². The van der Waals surface area contributed by atoms with Crippen molar-refractivity contribution in [3.05, 3.63) is 34.4 Å². The van der Waals surface area contributed by atoms with Crippen LogP contribution in [0.5, 0.6) is 0 Å². The van der Waals surface area contributed by atoms with E-state index in [9.17, 15) is 14.4 Å². The third-order valence-corrected chi connectivity index (χ3v) is 6.34. The highest BCUT2D eigenvalue weighted by Gasteiger charge is 2.51. The van der Waals surface area contributed by atoms with Crippen molar-refractivity contribution >= 4 is 40.7 Å². The molecule has 2 aliphatic rings. The molecule has 1 aromatic rings. The minimum atomic E-state index is -0.741. The lowest BCUT2D eigenvalue weighted by molar-refractivity contribution is -0.128. The first-order chi connectivity index (χ1) is 12.1. The molecule has 0 saturated heterocycles. The van der Waals surface area contributed by atoms with Crippen LogP contribution in [-0.4, -0.2) is 28.4 Å². The van der Waals surface area contributed by atoms with Gasteiger partial charge in [-0.15, -0.1) is 23.2 Å². The van der Waals surface area contributed by atoms with Crippen molar-refractivity contribution < 1.29 is 14.4 Å². The van der Waals surface area contributed by atoms with Crippen molar-refractivity contribution in [2.75, 3.05) is 6.54 Å². The van der Waals surface area contributed by atoms with Gasteiger partial charge >= 0.3 is 0 Å². The van der Waals surface area contributed by atoms with E-state index in [1.54, 1.807) is 0 Å². The molecule has 0 bridgehead atoms. The first-order valence-corrected chi connectivity index (χ1v) is 9.64. The van der Waals surface area contributed by atoms with Crippen molar-refractivity contribution in [3.63, 3.8) is 0 Å². The lowest BCUT2D eigenvalue weighted by Crippen LogP contribution is -2.29. The van der Waals surface area contributed by atoms with Gasteiger partial charge in [-0.3, -0.25) is 14.4 Å². The number of halogens is 2. The maximum atomic E-state index is 12.9. The zero-order chi connectivity index (χ0) is 19.2. The average Bonchev–Trinajstić information content (AvgIpc) is 3.05. The van der Waals surface area contributed by atoms with E-state index in [0.717, 1.165) is 22.3 Å². The van der Waals surface area contributed by atoms with Gasteiger partial charge in [-0.05, 0) is 43.9 Å². The third-order valence-electron chi connectivity index (χ3n) is 5.42. The number of amides is 1. The Morgan fingerprint density at radius 1 is 1.19 bits per heavy atom. The summed E-state index contributed by atoms with van der Waals surface area (Å²) in [4.78, 5) is 37.5. The molecule has 26 heavy (non-hydrogen) atoms. The zero-order valence-corrected chi connectivity index (χ0v) is 16.7. The lowest BCUT2D eigenvalue weighted by atomic mass is 9.86. The van der Waals surface area contributed by atoms with Crippen LogP contribution < -0.4 is 5.32 Å². The number of carbonyl (C=O) groups is 3. The van der Waals surface area contributed by atoms with Gasteiger partial charge in [0.25, 0.3) is 0 Å². The highest BCUT2D eigenvalue weighted by molar-refractivity contribution is 6.50. The number of rotatable bonds is 5. The highest BCUT2D eigenvalue weighted by Crippen LogP contribution is 2.52. The summed E-state index contributed by atoms with van der Waals surface area (Å²) in [5, 5.41) is 2.78. The monoisotopic (exact) mass is 395 g/mol. The van der Waals surface area contributed by atoms with Gasteiger partial charge in [-0.25, -0.2) is 0 Å². The summed E-state index contributed by atoms with van der Waals surface area (Å²) in [5.74, 6) is -1.70. The number of benzene rings is 1. The van der Waals surface area contributed by atoms with Crippen LogP contribution in [0, 0.1) is 32.6 Å². The summed E-state index contributed by atoms with van der Waals surface area (Å²) in [6, 6.07) is 3.98. The second-order valence-electron chi connectivity index (χ2n) is 7.69. The van der Waals surface area contributed by atoms with E-state index >= 15 is 0 Å². The first-order valence-electron chi connectivity index (χ1n) is 8.89. The Bertz CT molecular complexity index is 764. The number of ketones is 2. The quantitative estimate of drug-likeness (QED) is 0.612. The molecule has 2 aliphatic carbocycles. The van der Waals surface area contributed by atoms with E-state index in [1.807, 2.05) is 32.9 Å². The molecule has 3 atom stereocenters. The second kappa shape index (κ2) is 6.97. The van der Waals surface area contributed by atoms with E-state index in [0.29, 0.717) is 13.0 Å². The Kier molecular flexibility index (Phi) is 5.19. The number of nitrogens with one attached hydrogen (secondary N) is 1. The number of carbonyl (C=O) groups excluding carboxylic acids is 3. The molecule has 0 aliphatic heterocycles. The summed E-state index contributed by atoms with van der Waals surface area (Å²) >= 11 is 11.9. The fourth-order valence-electron chi connectivity index (χ4n) is 4.00. The summed E-state index contributed by atoms with van der Waals surface area (Å²) in [6.45, 7) is 6.25. The average molecular weight is 396 g/mol. The van der Waals surface area contributed by atoms with Crippen LogP contribution in [0.3, 0.4) is 0 Å².